The number of benzene rings is 1. The highest BCUT2D eigenvalue weighted by Crippen LogP contribution is 2.33. The largest absolute Gasteiger partial charge is 0.465 e. The van der Waals surface area contributed by atoms with Crippen molar-refractivity contribution >= 4 is 39.8 Å². The van der Waals surface area contributed by atoms with E-state index in [9.17, 15) is 19.2 Å². The highest BCUT2D eigenvalue weighted by molar-refractivity contribution is 7.19. The lowest BCUT2D eigenvalue weighted by atomic mass is 10.2. The number of hydrogen-bond acceptors (Lipinski definition) is 7. The molecule has 130 valence electrons. The number of amides is 2. The minimum absolute atomic E-state index is 0.0181. The van der Waals surface area contributed by atoms with Gasteiger partial charge in [0.25, 0.3) is 17.4 Å². The number of esters is 1. The van der Waals surface area contributed by atoms with Gasteiger partial charge < -0.3 is 4.74 Å². The Labute approximate surface area is 150 Å². The molecule has 26 heavy (non-hydrogen) atoms. The molecule has 2 amide bonds. The van der Waals surface area contributed by atoms with Crippen molar-refractivity contribution in [1.29, 1.82) is 0 Å². The molecule has 0 atom stereocenters. The molecule has 0 radical (unpaired) electrons. The summed E-state index contributed by atoms with van der Waals surface area (Å²) in [5.74, 6) is -1.65. The number of fused-ring (bicyclic) bond motifs is 3. The molecule has 0 aliphatic carbocycles. The summed E-state index contributed by atoms with van der Waals surface area (Å²) >= 11 is 1.00. The molecule has 0 N–H and O–H groups in total. The minimum Gasteiger partial charge on any atom is -0.465 e. The van der Waals surface area contributed by atoms with Gasteiger partial charge in [-0.1, -0.05) is 11.3 Å². The fourth-order valence-electron chi connectivity index (χ4n) is 2.82. The summed E-state index contributed by atoms with van der Waals surface area (Å²) in [6, 6.07) is 7.19. The number of anilines is 1. The zero-order valence-corrected chi connectivity index (χ0v) is 14.5. The molecule has 0 unspecified atom stereocenters. The molecule has 1 aromatic carbocycles. The number of imide groups is 1. The lowest BCUT2D eigenvalue weighted by Crippen LogP contribution is -2.31. The van der Waals surface area contributed by atoms with Crippen LogP contribution in [-0.2, 0) is 4.74 Å². The van der Waals surface area contributed by atoms with Gasteiger partial charge in [-0.05, 0) is 31.2 Å². The van der Waals surface area contributed by atoms with Crippen LogP contribution in [0, 0.1) is 6.92 Å². The molecule has 3 aromatic rings. The molecule has 4 rings (SSSR count). The van der Waals surface area contributed by atoms with Crippen LogP contribution in [-0.4, -0.2) is 34.3 Å². The van der Waals surface area contributed by atoms with E-state index in [2.05, 4.69) is 9.72 Å². The predicted molar refractivity (Wildman–Crippen MR) is 93.0 cm³/mol. The Kier molecular flexibility index (Phi) is 3.48. The number of hydrogen-bond donors (Lipinski definition) is 0. The molecule has 0 bridgehead atoms. The van der Waals surface area contributed by atoms with Crippen LogP contribution in [0.15, 0.2) is 35.1 Å². The maximum Gasteiger partial charge on any atom is 0.337 e. The first-order valence-corrected chi connectivity index (χ1v) is 8.34. The summed E-state index contributed by atoms with van der Waals surface area (Å²) in [7, 11) is 1.26. The molecule has 3 heterocycles. The molecule has 2 aromatic heterocycles. The summed E-state index contributed by atoms with van der Waals surface area (Å²) in [6.07, 6.45) is 0. The SMILES string of the molecule is COC(=O)c1ccc(N2C(=O)c3sc4nc(C)cc(=O)n4c3C2=O)cc1. The molecule has 8 nitrogen and oxygen atoms in total. The van der Waals surface area contributed by atoms with E-state index in [0.29, 0.717) is 21.9 Å². The van der Waals surface area contributed by atoms with Gasteiger partial charge in [-0.25, -0.2) is 19.1 Å². The Balaban J connectivity index is 1.81. The zero-order chi connectivity index (χ0) is 18.6. The van der Waals surface area contributed by atoms with E-state index < -0.39 is 23.3 Å². The van der Waals surface area contributed by atoms with Gasteiger partial charge in [0.15, 0.2) is 4.96 Å². The number of rotatable bonds is 2. The number of nitrogens with zero attached hydrogens (tertiary/aromatic N) is 3. The fraction of sp³-hybridized carbons (Fsp3) is 0.118. The van der Waals surface area contributed by atoms with E-state index >= 15 is 0 Å². The molecule has 0 saturated carbocycles. The van der Waals surface area contributed by atoms with Gasteiger partial charge in [0, 0.05) is 11.8 Å². The lowest BCUT2D eigenvalue weighted by Gasteiger charge is -2.14. The average molecular weight is 369 g/mol. The van der Waals surface area contributed by atoms with Crippen molar-refractivity contribution in [2.24, 2.45) is 0 Å². The molecular weight excluding hydrogens is 358 g/mol. The van der Waals surface area contributed by atoms with E-state index in [4.69, 9.17) is 0 Å². The quantitative estimate of drug-likeness (QED) is 0.503. The van der Waals surface area contributed by atoms with Crippen LogP contribution >= 0.6 is 11.3 Å². The molecule has 1 aliphatic heterocycles. The second kappa shape index (κ2) is 5.60. The highest BCUT2D eigenvalue weighted by Gasteiger charge is 2.41. The van der Waals surface area contributed by atoms with Gasteiger partial charge in [0.1, 0.15) is 10.6 Å². The monoisotopic (exact) mass is 369 g/mol. The van der Waals surface area contributed by atoms with Crippen LogP contribution in [0.25, 0.3) is 4.96 Å². The second-order valence-electron chi connectivity index (χ2n) is 5.62. The molecule has 0 saturated heterocycles. The third-order valence-corrected chi connectivity index (χ3v) is 5.03. The maximum absolute atomic E-state index is 12.8. The smallest absolute Gasteiger partial charge is 0.337 e. The van der Waals surface area contributed by atoms with Crippen LogP contribution < -0.4 is 10.5 Å². The normalized spacial score (nSPS) is 13.4. The number of aryl methyl sites for hydroxylation is 1. The minimum atomic E-state index is -0.602. The van der Waals surface area contributed by atoms with E-state index in [-0.39, 0.29) is 10.6 Å². The Morgan fingerprint density at radius 3 is 2.46 bits per heavy atom. The lowest BCUT2D eigenvalue weighted by molar-refractivity contribution is 0.0600. The Morgan fingerprint density at radius 2 is 1.81 bits per heavy atom. The average Bonchev–Trinajstić information content (AvgIpc) is 3.11. The van der Waals surface area contributed by atoms with E-state index in [1.165, 1.54) is 37.4 Å². The van der Waals surface area contributed by atoms with E-state index in [0.717, 1.165) is 20.6 Å². The fourth-order valence-corrected chi connectivity index (χ4v) is 3.92. The Hall–Kier alpha value is -3.33. The summed E-state index contributed by atoms with van der Waals surface area (Å²) in [4.78, 5) is 55.0. The molecule has 1 aliphatic rings. The summed E-state index contributed by atoms with van der Waals surface area (Å²) < 4.78 is 5.79. The van der Waals surface area contributed by atoms with Crippen molar-refractivity contribution in [2.75, 3.05) is 12.0 Å². The van der Waals surface area contributed by atoms with Crippen LogP contribution in [0.3, 0.4) is 0 Å². The van der Waals surface area contributed by atoms with Crippen molar-refractivity contribution in [2.45, 2.75) is 6.92 Å². The van der Waals surface area contributed by atoms with Crippen LogP contribution in [0.4, 0.5) is 5.69 Å². The Morgan fingerprint density at radius 1 is 1.12 bits per heavy atom. The van der Waals surface area contributed by atoms with E-state index in [1.807, 2.05) is 0 Å². The van der Waals surface area contributed by atoms with Crippen LogP contribution in [0.2, 0.25) is 0 Å². The number of thiazole rings is 1. The highest BCUT2D eigenvalue weighted by atomic mass is 32.1. The zero-order valence-electron chi connectivity index (χ0n) is 13.7. The van der Waals surface area contributed by atoms with Gasteiger partial charge in [-0.3, -0.25) is 14.4 Å². The topological polar surface area (TPSA) is 98.0 Å². The predicted octanol–water partition coefficient (Wildman–Crippen LogP) is 1.65. The number of aromatic nitrogens is 2. The van der Waals surface area contributed by atoms with Gasteiger partial charge in [0.05, 0.1) is 18.4 Å². The first-order chi connectivity index (χ1) is 12.4. The first-order valence-electron chi connectivity index (χ1n) is 7.52. The van der Waals surface area contributed by atoms with Crippen LogP contribution in [0.5, 0.6) is 0 Å². The number of ether oxygens (including phenoxy) is 1. The first kappa shape index (κ1) is 16.2. The number of methoxy groups -OCH3 is 1. The van der Waals surface area contributed by atoms with Crippen molar-refractivity contribution < 1.29 is 19.1 Å². The van der Waals surface area contributed by atoms with Crippen molar-refractivity contribution in [3.8, 4) is 0 Å². The van der Waals surface area contributed by atoms with Gasteiger partial charge in [-0.15, -0.1) is 0 Å². The second-order valence-corrected chi connectivity index (χ2v) is 6.60. The Bertz CT molecular complexity index is 1160. The van der Waals surface area contributed by atoms with Crippen molar-refractivity contribution in [3.63, 3.8) is 0 Å². The summed E-state index contributed by atoms with van der Waals surface area (Å²) in [5, 5.41) is 0. The van der Waals surface area contributed by atoms with E-state index in [1.54, 1.807) is 6.92 Å². The molecule has 0 spiro atoms. The van der Waals surface area contributed by atoms with Gasteiger partial charge in [0.2, 0.25) is 0 Å². The molecular formula is C17H11N3O5S. The summed E-state index contributed by atoms with van der Waals surface area (Å²) in [5.41, 5.74) is 0.729. The number of carbonyl (C=O) groups excluding carboxylic acids is 3. The standard InChI is InChI=1S/C17H11N3O5S/c1-8-7-11(21)20-12-13(26-17(20)18-8)15(23)19(14(12)22)10-5-3-9(4-6-10)16(24)25-2/h3-7H,1-2H3. The molecule has 9 heteroatoms. The molecule has 0 fully saturated rings. The maximum atomic E-state index is 12.8. The van der Waals surface area contributed by atoms with Crippen LogP contribution in [0.1, 0.15) is 36.2 Å². The summed E-state index contributed by atoms with van der Waals surface area (Å²) in [6.45, 7) is 1.67. The third-order valence-electron chi connectivity index (χ3n) is 4.00. The van der Waals surface area contributed by atoms with Gasteiger partial charge >= 0.3 is 5.97 Å². The number of carbonyl (C=O) groups is 3. The van der Waals surface area contributed by atoms with Crippen molar-refractivity contribution in [3.05, 3.63) is 62.5 Å². The van der Waals surface area contributed by atoms with Gasteiger partial charge in [-0.2, -0.15) is 0 Å². The third kappa shape index (κ3) is 2.17. The van der Waals surface area contributed by atoms with Crippen molar-refractivity contribution in [1.82, 2.24) is 9.38 Å².